The van der Waals surface area contributed by atoms with Gasteiger partial charge in [-0.1, -0.05) is 13.3 Å². The Hall–Kier alpha value is -1.06. The van der Waals surface area contributed by atoms with Crippen molar-refractivity contribution in [3.8, 4) is 5.75 Å². The molecule has 1 aromatic carbocycles. The minimum atomic E-state index is 0. The molecule has 1 rings (SSSR count). The number of phenols is 1. The molecule has 0 atom stereocenters. The Balaban J connectivity index is 0.00000256. The summed E-state index contributed by atoms with van der Waals surface area (Å²) < 4.78 is 0. The van der Waals surface area contributed by atoms with Crippen molar-refractivity contribution in [1.29, 1.82) is 0 Å². The summed E-state index contributed by atoms with van der Waals surface area (Å²) in [5.41, 5.74) is 0.662. The van der Waals surface area contributed by atoms with Crippen molar-refractivity contribution < 1.29 is 9.90 Å². The zero-order chi connectivity index (χ0) is 11.8. The first-order chi connectivity index (χ1) is 7.74. The normalized spacial score (nSPS) is 9.71. The standard InChI is InChI=1S/C13H19NO2.ClH/c1-2-3-9-14-10-8-13(16)11-4-6-12(15)7-5-11;/h4-7,14-15H,2-3,8-10H2,1H3;1H. The lowest BCUT2D eigenvalue weighted by molar-refractivity contribution is 0.0982. The third-order valence-electron chi connectivity index (χ3n) is 2.43. The number of hydrogen-bond donors (Lipinski definition) is 2. The fraction of sp³-hybridized carbons (Fsp3) is 0.462. The Kier molecular flexibility index (Phi) is 8.46. The van der Waals surface area contributed by atoms with Crippen molar-refractivity contribution in [1.82, 2.24) is 5.32 Å². The largest absolute Gasteiger partial charge is 0.508 e. The topological polar surface area (TPSA) is 49.3 Å². The van der Waals surface area contributed by atoms with Crippen LogP contribution >= 0.6 is 12.4 Å². The highest BCUT2D eigenvalue weighted by Gasteiger charge is 2.04. The number of rotatable bonds is 7. The molecule has 0 heterocycles. The first kappa shape index (κ1) is 15.9. The van der Waals surface area contributed by atoms with Crippen LogP contribution in [0.15, 0.2) is 24.3 Å². The molecule has 0 aliphatic heterocycles. The van der Waals surface area contributed by atoms with Crippen LogP contribution in [0.25, 0.3) is 0 Å². The maximum Gasteiger partial charge on any atom is 0.164 e. The second kappa shape index (κ2) is 9.02. The van der Waals surface area contributed by atoms with Gasteiger partial charge in [-0.2, -0.15) is 0 Å². The molecular weight excluding hydrogens is 238 g/mol. The highest BCUT2D eigenvalue weighted by Crippen LogP contribution is 2.10. The maximum absolute atomic E-state index is 11.7. The smallest absolute Gasteiger partial charge is 0.164 e. The van der Waals surface area contributed by atoms with Crippen molar-refractivity contribution in [2.75, 3.05) is 13.1 Å². The van der Waals surface area contributed by atoms with Crippen LogP contribution in [-0.4, -0.2) is 24.0 Å². The molecule has 0 radical (unpaired) electrons. The van der Waals surface area contributed by atoms with E-state index in [4.69, 9.17) is 5.11 Å². The Morgan fingerprint density at radius 3 is 2.47 bits per heavy atom. The Morgan fingerprint density at radius 2 is 1.88 bits per heavy atom. The SMILES string of the molecule is CCCCNCCC(=O)c1ccc(O)cc1.Cl. The molecule has 0 saturated heterocycles. The van der Waals surface area contributed by atoms with Crippen molar-refractivity contribution in [2.45, 2.75) is 26.2 Å². The van der Waals surface area contributed by atoms with E-state index < -0.39 is 0 Å². The van der Waals surface area contributed by atoms with E-state index >= 15 is 0 Å². The number of halogens is 1. The highest BCUT2D eigenvalue weighted by atomic mass is 35.5. The molecule has 0 amide bonds. The number of Topliss-reactive ketones (excluding diaryl/α,β-unsaturated/α-hetero) is 1. The van der Waals surface area contributed by atoms with Gasteiger partial charge in [-0.15, -0.1) is 12.4 Å². The Labute approximate surface area is 109 Å². The van der Waals surface area contributed by atoms with Crippen LogP contribution in [0, 0.1) is 0 Å². The fourth-order valence-corrected chi connectivity index (χ4v) is 1.42. The van der Waals surface area contributed by atoms with Gasteiger partial charge in [0.05, 0.1) is 0 Å². The van der Waals surface area contributed by atoms with E-state index in [1.54, 1.807) is 12.1 Å². The zero-order valence-electron chi connectivity index (χ0n) is 10.1. The van der Waals surface area contributed by atoms with Crippen LogP contribution in [0.2, 0.25) is 0 Å². The van der Waals surface area contributed by atoms with Gasteiger partial charge in [0.15, 0.2) is 5.78 Å². The predicted octanol–water partition coefficient (Wildman–Crippen LogP) is 2.78. The van der Waals surface area contributed by atoms with Gasteiger partial charge in [0.2, 0.25) is 0 Å². The fourth-order valence-electron chi connectivity index (χ4n) is 1.42. The van der Waals surface area contributed by atoms with Gasteiger partial charge in [0, 0.05) is 18.5 Å². The minimum Gasteiger partial charge on any atom is -0.508 e. The summed E-state index contributed by atoms with van der Waals surface area (Å²) >= 11 is 0. The third-order valence-corrected chi connectivity index (χ3v) is 2.43. The van der Waals surface area contributed by atoms with Crippen LogP contribution in [-0.2, 0) is 0 Å². The molecule has 2 N–H and O–H groups in total. The van der Waals surface area contributed by atoms with Gasteiger partial charge in [0.1, 0.15) is 5.75 Å². The molecule has 17 heavy (non-hydrogen) atoms. The van der Waals surface area contributed by atoms with E-state index in [9.17, 15) is 4.79 Å². The molecule has 0 aliphatic carbocycles. The van der Waals surface area contributed by atoms with E-state index in [2.05, 4.69) is 12.2 Å². The molecule has 0 aliphatic rings. The number of carbonyl (C=O) groups excluding carboxylic acids is 1. The number of unbranched alkanes of at least 4 members (excludes halogenated alkanes) is 1. The summed E-state index contributed by atoms with van der Waals surface area (Å²) in [5, 5.41) is 12.3. The second-order valence-electron chi connectivity index (χ2n) is 3.82. The van der Waals surface area contributed by atoms with Gasteiger partial charge in [0.25, 0.3) is 0 Å². The predicted molar refractivity (Wildman–Crippen MR) is 72.1 cm³/mol. The molecule has 96 valence electrons. The van der Waals surface area contributed by atoms with E-state index in [-0.39, 0.29) is 23.9 Å². The summed E-state index contributed by atoms with van der Waals surface area (Å²) in [6.07, 6.45) is 2.82. The number of phenolic OH excluding ortho intramolecular Hbond substituents is 1. The van der Waals surface area contributed by atoms with Crippen molar-refractivity contribution in [2.24, 2.45) is 0 Å². The average molecular weight is 258 g/mol. The monoisotopic (exact) mass is 257 g/mol. The van der Waals surface area contributed by atoms with Gasteiger partial charge < -0.3 is 10.4 Å². The van der Waals surface area contributed by atoms with Gasteiger partial charge in [-0.3, -0.25) is 4.79 Å². The molecule has 0 unspecified atom stereocenters. The number of ketones is 1. The highest BCUT2D eigenvalue weighted by molar-refractivity contribution is 5.96. The molecule has 0 fully saturated rings. The lowest BCUT2D eigenvalue weighted by atomic mass is 10.1. The molecule has 1 aromatic rings. The molecule has 0 bridgehead atoms. The summed E-state index contributed by atoms with van der Waals surface area (Å²) in [5.74, 6) is 0.307. The quantitative estimate of drug-likeness (QED) is 0.583. The van der Waals surface area contributed by atoms with Gasteiger partial charge in [-0.05, 0) is 37.2 Å². The number of carbonyl (C=O) groups is 1. The van der Waals surface area contributed by atoms with E-state index in [1.165, 1.54) is 18.6 Å². The van der Waals surface area contributed by atoms with Crippen LogP contribution in [0.3, 0.4) is 0 Å². The molecule has 3 nitrogen and oxygen atoms in total. The van der Waals surface area contributed by atoms with Crippen molar-refractivity contribution >= 4 is 18.2 Å². The first-order valence-electron chi connectivity index (χ1n) is 5.77. The van der Waals surface area contributed by atoms with Crippen LogP contribution in [0.5, 0.6) is 5.75 Å². The summed E-state index contributed by atoms with van der Waals surface area (Å²) in [7, 11) is 0. The van der Waals surface area contributed by atoms with Gasteiger partial charge in [-0.25, -0.2) is 0 Å². The minimum absolute atomic E-state index is 0. The Morgan fingerprint density at radius 1 is 1.24 bits per heavy atom. The first-order valence-corrected chi connectivity index (χ1v) is 5.77. The van der Waals surface area contributed by atoms with E-state index in [0.29, 0.717) is 12.0 Å². The third kappa shape index (κ3) is 6.29. The Bertz CT molecular complexity index is 325. The molecular formula is C13H20ClNO2. The van der Waals surface area contributed by atoms with Crippen LogP contribution in [0.1, 0.15) is 36.5 Å². The van der Waals surface area contributed by atoms with E-state index in [1.807, 2.05) is 0 Å². The van der Waals surface area contributed by atoms with E-state index in [0.717, 1.165) is 19.5 Å². The summed E-state index contributed by atoms with van der Waals surface area (Å²) in [6, 6.07) is 6.39. The number of nitrogens with one attached hydrogen (secondary N) is 1. The van der Waals surface area contributed by atoms with Crippen LogP contribution < -0.4 is 5.32 Å². The van der Waals surface area contributed by atoms with Crippen molar-refractivity contribution in [3.05, 3.63) is 29.8 Å². The van der Waals surface area contributed by atoms with Crippen LogP contribution in [0.4, 0.5) is 0 Å². The number of benzene rings is 1. The zero-order valence-corrected chi connectivity index (χ0v) is 10.9. The lowest BCUT2D eigenvalue weighted by Gasteiger charge is -2.03. The number of aromatic hydroxyl groups is 1. The molecule has 4 heteroatoms. The average Bonchev–Trinajstić information content (AvgIpc) is 2.29. The number of hydrogen-bond acceptors (Lipinski definition) is 3. The maximum atomic E-state index is 11.7. The van der Waals surface area contributed by atoms with Gasteiger partial charge >= 0.3 is 0 Å². The van der Waals surface area contributed by atoms with Crippen molar-refractivity contribution in [3.63, 3.8) is 0 Å². The molecule has 0 spiro atoms. The molecule has 0 aromatic heterocycles. The summed E-state index contributed by atoms with van der Waals surface area (Å²) in [6.45, 7) is 3.84. The lowest BCUT2D eigenvalue weighted by Crippen LogP contribution is -2.19. The molecule has 0 saturated carbocycles. The second-order valence-corrected chi connectivity index (χ2v) is 3.82. The summed E-state index contributed by atoms with van der Waals surface area (Å²) in [4.78, 5) is 11.7.